The van der Waals surface area contributed by atoms with Crippen molar-refractivity contribution in [3.63, 3.8) is 0 Å². The second kappa shape index (κ2) is 6.96. The lowest BCUT2D eigenvalue weighted by Gasteiger charge is -2.19. The standard InChI is InChI=1S/C18H17NO4/c20-17(22-12-15-9-5-2-6-10-15)19-16(13-23-18(19)21)11-14-7-3-1-4-8-14/h1-10,16H,11-13H2/t16-/m0/s1. The lowest BCUT2D eigenvalue weighted by molar-refractivity contribution is 0.0976. The second-order valence-corrected chi connectivity index (χ2v) is 5.33. The summed E-state index contributed by atoms with van der Waals surface area (Å²) in [5, 5.41) is 0. The van der Waals surface area contributed by atoms with Crippen LogP contribution in [0, 0.1) is 0 Å². The number of amides is 2. The van der Waals surface area contributed by atoms with Gasteiger partial charge in [0.15, 0.2) is 0 Å². The first-order chi connectivity index (χ1) is 11.2. The summed E-state index contributed by atoms with van der Waals surface area (Å²) >= 11 is 0. The van der Waals surface area contributed by atoms with Gasteiger partial charge in [0.2, 0.25) is 0 Å². The molecule has 3 rings (SSSR count). The van der Waals surface area contributed by atoms with Crippen molar-refractivity contribution in [3.05, 3.63) is 71.8 Å². The average Bonchev–Trinajstić information content (AvgIpc) is 2.95. The topological polar surface area (TPSA) is 55.8 Å². The fourth-order valence-corrected chi connectivity index (χ4v) is 2.51. The molecule has 0 radical (unpaired) electrons. The van der Waals surface area contributed by atoms with Gasteiger partial charge in [0.25, 0.3) is 0 Å². The molecule has 5 heteroatoms. The summed E-state index contributed by atoms with van der Waals surface area (Å²) in [6.07, 6.45) is -0.770. The van der Waals surface area contributed by atoms with E-state index in [4.69, 9.17) is 9.47 Å². The number of cyclic esters (lactones) is 1. The predicted molar refractivity (Wildman–Crippen MR) is 83.7 cm³/mol. The Bertz CT molecular complexity index is 672. The fourth-order valence-electron chi connectivity index (χ4n) is 2.51. The molecule has 1 fully saturated rings. The van der Waals surface area contributed by atoms with E-state index >= 15 is 0 Å². The molecule has 0 aliphatic carbocycles. The Kier molecular flexibility index (Phi) is 4.57. The van der Waals surface area contributed by atoms with Crippen LogP contribution in [0.15, 0.2) is 60.7 Å². The number of hydrogen-bond acceptors (Lipinski definition) is 4. The highest BCUT2D eigenvalue weighted by Gasteiger charge is 2.39. The predicted octanol–water partition coefficient (Wildman–Crippen LogP) is 3.39. The smallest absolute Gasteiger partial charge is 0.420 e. The summed E-state index contributed by atoms with van der Waals surface area (Å²) in [6.45, 7) is 0.315. The van der Waals surface area contributed by atoms with E-state index in [2.05, 4.69) is 0 Å². The van der Waals surface area contributed by atoms with Crippen LogP contribution in [0.3, 0.4) is 0 Å². The molecule has 1 aliphatic rings. The molecule has 0 aromatic heterocycles. The SMILES string of the molecule is O=C(OCc1ccccc1)N1C(=O)OC[C@@H]1Cc1ccccc1. The maximum atomic E-state index is 12.2. The van der Waals surface area contributed by atoms with Crippen LogP contribution in [-0.2, 0) is 22.5 Å². The first-order valence-corrected chi connectivity index (χ1v) is 7.44. The minimum atomic E-state index is -0.669. The van der Waals surface area contributed by atoms with Crippen LogP contribution in [0.4, 0.5) is 9.59 Å². The van der Waals surface area contributed by atoms with Crippen LogP contribution in [0.1, 0.15) is 11.1 Å². The summed E-state index contributed by atoms with van der Waals surface area (Å²) in [7, 11) is 0. The maximum absolute atomic E-state index is 12.2. The highest BCUT2D eigenvalue weighted by atomic mass is 16.6. The van der Waals surface area contributed by atoms with Crippen LogP contribution < -0.4 is 0 Å². The third-order valence-corrected chi connectivity index (χ3v) is 3.68. The Morgan fingerprint density at radius 1 is 1.04 bits per heavy atom. The number of imide groups is 1. The monoisotopic (exact) mass is 311 g/mol. The summed E-state index contributed by atoms with van der Waals surface area (Å²) in [5.74, 6) is 0. The Morgan fingerprint density at radius 3 is 2.30 bits per heavy atom. The van der Waals surface area contributed by atoms with E-state index < -0.39 is 12.2 Å². The van der Waals surface area contributed by atoms with Gasteiger partial charge in [-0.1, -0.05) is 60.7 Å². The van der Waals surface area contributed by atoms with E-state index in [1.165, 1.54) is 0 Å². The molecule has 0 spiro atoms. The number of ether oxygens (including phenoxy) is 2. The van der Waals surface area contributed by atoms with Crippen LogP contribution in [0.5, 0.6) is 0 Å². The first-order valence-electron chi connectivity index (χ1n) is 7.44. The number of hydrogen-bond donors (Lipinski definition) is 0. The molecule has 1 atom stereocenters. The molecular formula is C18H17NO4. The molecule has 1 heterocycles. The summed E-state index contributed by atoms with van der Waals surface area (Å²) in [5.41, 5.74) is 1.91. The molecule has 2 aromatic rings. The highest BCUT2D eigenvalue weighted by molar-refractivity contribution is 5.89. The van der Waals surface area contributed by atoms with Crippen LogP contribution in [0.2, 0.25) is 0 Å². The van der Waals surface area contributed by atoms with Crippen molar-refractivity contribution in [2.45, 2.75) is 19.1 Å². The quantitative estimate of drug-likeness (QED) is 0.868. The summed E-state index contributed by atoms with van der Waals surface area (Å²) in [6, 6.07) is 18.7. The van der Waals surface area contributed by atoms with Gasteiger partial charge >= 0.3 is 12.2 Å². The Hall–Kier alpha value is -2.82. The minimum absolute atomic E-state index is 0.126. The van der Waals surface area contributed by atoms with Crippen molar-refractivity contribution in [3.8, 4) is 0 Å². The molecule has 118 valence electrons. The third kappa shape index (κ3) is 3.69. The van der Waals surface area contributed by atoms with E-state index in [-0.39, 0.29) is 19.3 Å². The number of carbonyl (C=O) groups excluding carboxylic acids is 2. The van der Waals surface area contributed by atoms with Gasteiger partial charge in [0, 0.05) is 0 Å². The minimum Gasteiger partial charge on any atom is -0.447 e. The van der Waals surface area contributed by atoms with Crippen molar-refractivity contribution in [2.75, 3.05) is 6.61 Å². The van der Waals surface area contributed by atoms with Crippen LogP contribution >= 0.6 is 0 Å². The van der Waals surface area contributed by atoms with E-state index in [0.717, 1.165) is 16.0 Å². The molecule has 2 aromatic carbocycles. The Balaban J connectivity index is 1.63. The van der Waals surface area contributed by atoms with E-state index in [9.17, 15) is 9.59 Å². The van der Waals surface area contributed by atoms with Gasteiger partial charge in [-0.2, -0.15) is 0 Å². The first kappa shape index (κ1) is 15.1. The average molecular weight is 311 g/mol. The molecule has 0 saturated carbocycles. The zero-order chi connectivity index (χ0) is 16.1. The van der Waals surface area contributed by atoms with Crippen molar-refractivity contribution in [1.82, 2.24) is 4.90 Å². The van der Waals surface area contributed by atoms with E-state index in [1.54, 1.807) is 0 Å². The third-order valence-electron chi connectivity index (χ3n) is 3.68. The maximum Gasteiger partial charge on any atom is 0.420 e. The molecular weight excluding hydrogens is 294 g/mol. The molecule has 0 bridgehead atoms. The molecule has 0 N–H and O–H groups in total. The molecule has 2 amide bonds. The fraction of sp³-hybridized carbons (Fsp3) is 0.222. The van der Waals surface area contributed by atoms with Crippen LogP contribution in [0.25, 0.3) is 0 Å². The zero-order valence-corrected chi connectivity index (χ0v) is 12.6. The largest absolute Gasteiger partial charge is 0.447 e. The van der Waals surface area contributed by atoms with Crippen molar-refractivity contribution in [1.29, 1.82) is 0 Å². The lowest BCUT2D eigenvalue weighted by atomic mass is 10.1. The second-order valence-electron chi connectivity index (χ2n) is 5.33. The number of rotatable bonds is 4. The van der Waals surface area contributed by atoms with Crippen LogP contribution in [-0.4, -0.2) is 29.7 Å². The number of nitrogens with zero attached hydrogens (tertiary/aromatic N) is 1. The number of benzene rings is 2. The van der Waals surface area contributed by atoms with Gasteiger partial charge in [-0.3, -0.25) is 0 Å². The van der Waals surface area contributed by atoms with Gasteiger partial charge < -0.3 is 9.47 Å². The van der Waals surface area contributed by atoms with Crippen molar-refractivity contribution >= 4 is 12.2 Å². The molecule has 1 saturated heterocycles. The van der Waals surface area contributed by atoms with E-state index in [1.807, 2.05) is 60.7 Å². The summed E-state index contributed by atoms with van der Waals surface area (Å²) in [4.78, 5) is 25.1. The van der Waals surface area contributed by atoms with E-state index in [0.29, 0.717) is 6.42 Å². The van der Waals surface area contributed by atoms with Gasteiger partial charge in [0.1, 0.15) is 13.2 Å². The van der Waals surface area contributed by atoms with Gasteiger partial charge in [-0.15, -0.1) is 0 Å². The Labute approximate surface area is 134 Å². The summed E-state index contributed by atoms with van der Waals surface area (Å²) < 4.78 is 10.2. The van der Waals surface area contributed by atoms with Gasteiger partial charge in [0.05, 0.1) is 6.04 Å². The zero-order valence-electron chi connectivity index (χ0n) is 12.6. The molecule has 1 aliphatic heterocycles. The van der Waals surface area contributed by atoms with Gasteiger partial charge in [-0.25, -0.2) is 14.5 Å². The van der Waals surface area contributed by atoms with Gasteiger partial charge in [-0.05, 0) is 17.5 Å². The Morgan fingerprint density at radius 2 is 1.65 bits per heavy atom. The molecule has 0 unspecified atom stereocenters. The van der Waals surface area contributed by atoms with Crippen molar-refractivity contribution in [2.24, 2.45) is 0 Å². The van der Waals surface area contributed by atoms with Crippen molar-refractivity contribution < 1.29 is 19.1 Å². The normalized spacial score (nSPS) is 17.0. The molecule has 23 heavy (non-hydrogen) atoms. The number of carbonyl (C=O) groups is 2. The molecule has 5 nitrogen and oxygen atoms in total. The highest BCUT2D eigenvalue weighted by Crippen LogP contribution is 2.19. The lowest BCUT2D eigenvalue weighted by Crippen LogP contribution is -2.40.